The van der Waals surface area contributed by atoms with Crippen molar-refractivity contribution in [2.75, 3.05) is 18.0 Å². The molecular weight excluding hydrogens is 295 g/mol. The number of halogens is 1. The molecular formula is C14H15FN2OS2. The average Bonchev–Trinajstić information content (AvgIpc) is 2.91. The van der Waals surface area contributed by atoms with Crippen LogP contribution in [0.25, 0.3) is 0 Å². The van der Waals surface area contributed by atoms with Gasteiger partial charge in [-0.2, -0.15) is 0 Å². The first-order valence-corrected chi connectivity index (χ1v) is 7.98. The Hall–Kier alpha value is -1.53. The van der Waals surface area contributed by atoms with Crippen LogP contribution >= 0.6 is 23.1 Å². The fourth-order valence-electron chi connectivity index (χ4n) is 1.61. The Morgan fingerprint density at radius 1 is 1.40 bits per heavy atom. The highest BCUT2D eigenvalue weighted by Crippen LogP contribution is 2.23. The minimum Gasteiger partial charge on any atom is -0.399 e. The zero-order chi connectivity index (χ0) is 14.4. The number of nitrogen functional groups attached to an aromatic ring is 1. The maximum atomic E-state index is 13.5. The molecule has 1 amide bonds. The molecule has 2 aromatic rings. The fraction of sp³-hybridized carbons (Fsp3) is 0.214. The SMILES string of the molecule is Nc1ccc(SCC(=O)NCCc2cccs2)c(F)c1. The third-order valence-corrected chi connectivity index (χ3v) is 4.57. The van der Waals surface area contributed by atoms with Crippen molar-refractivity contribution in [3.8, 4) is 0 Å². The van der Waals surface area contributed by atoms with Crippen molar-refractivity contribution in [1.82, 2.24) is 5.32 Å². The molecule has 1 heterocycles. The Kier molecular flexibility index (Phi) is 5.43. The number of carbonyl (C=O) groups excluding carboxylic acids is 1. The Bertz CT molecular complexity index is 573. The Morgan fingerprint density at radius 3 is 2.95 bits per heavy atom. The van der Waals surface area contributed by atoms with Crippen molar-refractivity contribution in [3.63, 3.8) is 0 Å². The molecule has 0 saturated carbocycles. The summed E-state index contributed by atoms with van der Waals surface area (Å²) < 4.78 is 13.5. The molecule has 6 heteroatoms. The van der Waals surface area contributed by atoms with Gasteiger partial charge in [-0.15, -0.1) is 23.1 Å². The summed E-state index contributed by atoms with van der Waals surface area (Å²) in [5.41, 5.74) is 5.85. The lowest BCUT2D eigenvalue weighted by molar-refractivity contribution is -0.118. The number of amides is 1. The van der Waals surface area contributed by atoms with Gasteiger partial charge in [-0.1, -0.05) is 6.07 Å². The third kappa shape index (κ3) is 4.54. The normalized spacial score (nSPS) is 10.4. The molecule has 0 radical (unpaired) electrons. The van der Waals surface area contributed by atoms with Crippen LogP contribution in [0.1, 0.15) is 4.88 Å². The van der Waals surface area contributed by atoms with E-state index in [1.54, 1.807) is 23.5 Å². The number of hydrogen-bond donors (Lipinski definition) is 2. The zero-order valence-electron chi connectivity index (χ0n) is 10.8. The topological polar surface area (TPSA) is 55.1 Å². The van der Waals surface area contributed by atoms with E-state index in [1.807, 2.05) is 17.5 Å². The second-order valence-electron chi connectivity index (χ2n) is 4.16. The number of hydrogen-bond acceptors (Lipinski definition) is 4. The second-order valence-corrected chi connectivity index (χ2v) is 6.21. The molecule has 2 rings (SSSR count). The van der Waals surface area contributed by atoms with Gasteiger partial charge in [0, 0.05) is 22.0 Å². The van der Waals surface area contributed by atoms with Gasteiger partial charge in [0.05, 0.1) is 5.75 Å². The van der Waals surface area contributed by atoms with Crippen molar-refractivity contribution in [1.29, 1.82) is 0 Å². The Balaban J connectivity index is 1.72. The van der Waals surface area contributed by atoms with E-state index < -0.39 is 0 Å². The molecule has 3 nitrogen and oxygen atoms in total. The summed E-state index contributed by atoms with van der Waals surface area (Å²) in [6, 6.07) is 8.50. The summed E-state index contributed by atoms with van der Waals surface area (Å²) in [6.07, 6.45) is 0.824. The molecule has 0 aliphatic heterocycles. The summed E-state index contributed by atoms with van der Waals surface area (Å²) in [4.78, 5) is 13.3. The minimum absolute atomic E-state index is 0.0946. The lowest BCUT2D eigenvalue weighted by atomic mass is 10.3. The highest BCUT2D eigenvalue weighted by atomic mass is 32.2. The lowest BCUT2D eigenvalue weighted by Gasteiger charge is -2.05. The zero-order valence-corrected chi connectivity index (χ0v) is 12.4. The van der Waals surface area contributed by atoms with Crippen molar-refractivity contribution < 1.29 is 9.18 Å². The van der Waals surface area contributed by atoms with Crippen LogP contribution in [0.5, 0.6) is 0 Å². The number of benzene rings is 1. The molecule has 0 bridgehead atoms. The Morgan fingerprint density at radius 2 is 2.25 bits per heavy atom. The average molecular weight is 310 g/mol. The molecule has 3 N–H and O–H groups in total. The number of carbonyl (C=O) groups is 1. The van der Waals surface area contributed by atoms with E-state index in [-0.39, 0.29) is 17.5 Å². The van der Waals surface area contributed by atoms with Gasteiger partial charge in [-0.25, -0.2) is 4.39 Å². The third-order valence-electron chi connectivity index (χ3n) is 2.59. The van der Waals surface area contributed by atoms with E-state index in [2.05, 4.69) is 5.32 Å². The van der Waals surface area contributed by atoms with Crippen LogP contribution in [-0.2, 0) is 11.2 Å². The van der Waals surface area contributed by atoms with Crippen molar-refractivity contribution in [2.45, 2.75) is 11.3 Å². The van der Waals surface area contributed by atoms with Crippen LogP contribution in [-0.4, -0.2) is 18.2 Å². The van der Waals surface area contributed by atoms with E-state index in [0.717, 1.165) is 6.42 Å². The van der Waals surface area contributed by atoms with Gasteiger partial charge in [-0.05, 0) is 36.1 Å². The largest absolute Gasteiger partial charge is 0.399 e. The smallest absolute Gasteiger partial charge is 0.230 e. The van der Waals surface area contributed by atoms with Gasteiger partial charge in [0.1, 0.15) is 5.82 Å². The summed E-state index contributed by atoms with van der Waals surface area (Å²) in [5, 5.41) is 4.83. The van der Waals surface area contributed by atoms with Gasteiger partial charge in [0.2, 0.25) is 5.91 Å². The highest BCUT2D eigenvalue weighted by Gasteiger charge is 2.07. The molecule has 0 saturated heterocycles. The van der Waals surface area contributed by atoms with E-state index in [9.17, 15) is 9.18 Å². The Labute approximate surface area is 125 Å². The van der Waals surface area contributed by atoms with E-state index in [4.69, 9.17) is 5.73 Å². The van der Waals surface area contributed by atoms with Gasteiger partial charge < -0.3 is 11.1 Å². The van der Waals surface area contributed by atoms with Crippen LogP contribution in [0.2, 0.25) is 0 Å². The van der Waals surface area contributed by atoms with Crippen LogP contribution in [0.3, 0.4) is 0 Å². The summed E-state index contributed by atoms with van der Waals surface area (Å²) in [6.45, 7) is 0.601. The second kappa shape index (κ2) is 7.31. The molecule has 0 aliphatic carbocycles. The van der Waals surface area contributed by atoms with Crippen LogP contribution in [0, 0.1) is 5.82 Å². The molecule has 1 aromatic heterocycles. The minimum atomic E-state index is -0.388. The molecule has 20 heavy (non-hydrogen) atoms. The van der Waals surface area contributed by atoms with Crippen molar-refractivity contribution >= 4 is 34.7 Å². The maximum absolute atomic E-state index is 13.5. The van der Waals surface area contributed by atoms with E-state index in [1.165, 1.54) is 22.7 Å². The van der Waals surface area contributed by atoms with Crippen molar-refractivity contribution in [2.24, 2.45) is 0 Å². The molecule has 0 spiro atoms. The number of nitrogens with one attached hydrogen (secondary N) is 1. The molecule has 0 fully saturated rings. The van der Waals surface area contributed by atoms with E-state index in [0.29, 0.717) is 17.1 Å². The van der Waals surface area contributed by atoms with Crippen LogP contribution < -0.4 is 11.1 Å². The predicted molar refractivity (Wildman–Crippen MR) is 82.6 cm³/mol. The summed E-state index contributed by atoms with van der Waals surface area (Å²) in [7, 11) is 0. The van der Waals surface area contributed by atoms with Gasteiger partial charge in [-0.3, -0.25) is 4.79 Å². The first kappa shape index (κ1) is 14.9. The van der Waals surface area contributed by atoms with Gasteiger partial charge >= 0.3 is 0 Å². The number of anilines is 1. The van der Waals surface area contributed by atoms with Crippen LogP contribution in [0.15, 0.2) is 40.6 Å². The first-order chi connectivity index (χ1) is 9.65. The highest BCUT2D eigenvalue weighted by molar-refractivity contribution is 8.00. The number of nitrogens with two attached hydrogens (primary N) is 1. The number of rotatable bonds is 6. The van der Waals surface area contributed by atoms with E-state index >= 15 is 0 Å². The maximum Gasteiger partial charge on any atom is 0.230 e. The molecule has 0 unspecified atom stereocenters. The first-order valence-electron chi connectivity index (χ1n) is 6.12. The number of thioether (sulfide) groups is 1. The van der Waals surface area contributed by atoms with Gasteiger partial charge in [0.25, 0.3) is 0 Å². The quantitative estimate of drug-likeness (QED) is 0.637. The van der Waals surface area contributed by atoms with Crippen LogP contribution in [0.4, 0.5) is 10.1 Å². The van der Waals surface area contributed by atoms with Crippen molar-refractivity contribution in [3.05, 3.63) is 46.4 Å². The summed E-state index contributed by atoms with van der Waals surface area (Å²) in [5.74, 6) is -0.283. The van der Waals surface area contributed by atoms with Gasteiger partial charge in [0.15, 0.2) is 0 Å². The standard InChI is InChI=1S/C14H15FN2OS2/c15-12-8-10(16)3-4-13(12)20-9-14(18)17-6-5-11-2-1-7-19-11/h1-4,7-8H,5-6,9,16H2,(H,17,18). The monoisotopic (exact) mass is 310 g/mol. The lowest BCUT2D eigenvalue weighted by Crippen LogP contribution is -2.27. The molecule has 0 atom stereocenters. The molecule has 1 aromatic carbocycles. The molecule has 106 valence electrons. The fourth-order valence-corrected chi connectivity index (χ4v) is 3.07. The summed E-state index contributed by atoms with van der Waals surface area (Å²) >= 11 is 2.84. The number of thiophene rings is 1. The molecule has 0 aliphatic rings. The predicted octanol–water partition coefficient (Wildman–Crippen LogP) is 2.92.